The van der Waals surface area contributed by atoms with Crippen LogP contribution in [0.25, 0.3) is 0 Å². The van der Waals surface area contributed by atoms with Crippen molar-refractivity contribution in [2.75, 3.05) is 26.2 Å². The minimum atomic E-state index is -0.418. The second kappa shape index (κ2) is 8.69. The molecule has 1 heterocycles. The van der Waals surface area contributed by atoms with E-state index in [2.05, 4.69) is 24.1 Å². The molecule has 0 saturated carbocycles. The summed E-state index contributed by atoms with van der Waals surface area (Å²) in [5.74, 6) is -0.0753. The average Bonchev–Trinajstić information content (AvgIpc) is 2.22. The van der Waals surface area contributed by atoms with Crippen LogP contribution in [0.4, 0.5) is 0 Å². The fourth-order valence-electron chi connectivity index (χ4n) is 2.14. The summed E-state index contributed by atoms with van der Waals surface area (Å²) >= 11 is 0. The van der Waals surface area contributed by atoms with E-state index in [1.54, 1.807) is 6.92 Å². The first kappa shape index (κ1) is 17.6. The summed E-state index contributed by atoms with van der Waals surface area (Å²) in [5, 5.41) is 2.82. The molecule has 3 unspecified atom stereocenters. The van der Waals surface area contributed by atoms with Crippen molar-refractivity contribution in [1.29, 1.82) is 0 Å². The van der Waals surface area contributed by atoms with E-state index >= 15 is 0 Å². The SMILES string of the molecule is CC1CN(CCCNC(=O)C(C)N)CC(C)O1.Cl. The zero-order chi connectivity index (χ0) is 12.8. The van der Waals surface area contributed by atoms with Crippen molar-refractivity contribution in [3.8, 4) is 0 Å². The number of nitrogens with one attached hydrogen (secondary N) is 1. The van der Waals surface area contributed by atoms with E-state index in [0.717, 1.165) is 26.1 Å². The molecule has 0 aromatic carbocycles. The van der Waals surface area contributed by atoms with E-state index in [1.165, 1.54) is 0 Å². The molecule has 0 bridgehead atoms. The lowest BCUT2D eigenvalue weighted by molar-refractivity contribution is -0.122. The van der Waals surface area contributed by atoms with Gasteiger partial charge in [-0.3, -0.25) is 9.69 Å². The van der Waals surface area contributed by atoms with Crippen LogP contribution >= 0.6 is 12.4 Å². The van der Waals surface area contributed by atoms with Crippen LogP contribution < -0.4 is 11.1 Å². The Balaban J connectivity index is 0.00000289. The van der Waals surface area contributed by atoms with E-state index in [1.807, 2.05) is 0 Å². The molecule has 6 heteroatoms. The Bertz CT molecular complexity index is 241. The Morgan fingerprint density at radius 2 is 2.00 bits per heavy atom. The Morgan fingerprint density at radius 1 is 1.44 bits per heavy atom. The Morgan fingerprint density at radius 3 is 2.50 bits per heavy atom. The lowest BCUT2D eigenvalue weighted by Gasteiger charge is -2.35. The lowest BCUT2D eigenvalue weighted by atomic mass is 10.2. The maximum absolute atomic E-state index is 11.2. The van der Waals surface area contributed by atoms with Crippen molar-refractivity contribution < 1.29 is 9.53 Å². The number of nitrogens with two attached hydrogens (primary N) is 1. The van der Waals surface area contributed by atoms with Gasteiger partial charge in [0, 0.05) is 26.2 Å². The summed E-state index contributed by atoms with van der Waals surface area (Å²) in [5.41, 5.74) is 5.46. The van der Waals surface area contributed by atoms with Crippen molar-refractivity contribution in [2.45, 2.75) is 45.4 Å². The summed E-state index contributed by atoms with van der Waals surface area (Å²) in [6, 6.07) is -0.418. The Labute approximate surface area is 116 Å². The molecule has 0 aliphatic carbocycles. The fraction of sp³-hybridized carbons (Fsp3) is 0.917. The molecule has 3 atom stereocenters. The minimum Gasteiger partial charge on any atom is -0.373 e. The highest BCUT2D eigenvalue weighted by Gasteiger charge is 2.21. The second-order valence-electron chi connectivity index (χ2n) is 4.95. The first-order valence-electron chi connectivity index (χ1n) is 6.40. The summed E-state index contributed by atoms with van der Waals surface area (Å²) in [6.07, 6.45) is 1.56. The second-order valence-corrected chi connectivity index (χ2v) is 4.95. The summed E-state index contributed by atoms with van der Waals surface area (Å²) in [7, 11) is 0. The van der Waals surface area contributed by atoms with Gasteiger partial charge in [0.1, 0.15) is 0 Å². The van der Waals surface area contributed by atoms with Crippen molar-refractivity contribution in [1.82, 2.24) is 10.2 Å². The molecule has 5 nitrogen and oxygen atoms in total. The third-order valence-electron chi connectivity index (χ3n) is 2.86. The molecule has 1 saturated heterocycles. The predicted octanol–water partition coefficient (Wildman–Crippen LogP) is 0.371. The third kappa shape index (κ3) is 6.54. The van der Waals surface area contributed by atoms with E-state index in [4.69, 9.17) is 10.5 Å². The smallest absolute Gasteiger partial charge is 0.236 e. The van der Waals surface area contributed by atoms with E-state index in [9.17, 15) is 4.79 Å². The zero-order valence-electron chi connectivity index (χ0n) is 11.5. The van der Waals surface area contributed by atoms with Crippen LogP contribution in [0.2, 0.25) is 0 Å². The first-order chi connectivity index (χ1) is 7.99. The van der Waals surface area contributed by atoms with Gasteiger partial charge in [0.2, 0.25) is 5.91 Å². The highest BCUT2D eigenvalue weighted by atomic mass is 35.5. The van der Waals surface area contributed by atoms with Gasteiger partial charge in [-0.2, -0.15) is 0 Å². The lowest BCUT2D eigenvalue weighted by Crippen LogP contribution is -2.46. The summed E-state index contributed by atoms with van der Waals surface area (Å²) < 4.78 is 5.66. The Kier molecular flexibility index (Phi) is 8.52. The van der Waals surface area contributed by atoms with Gasteiger partial charge in [-0.25, -0.2) is 0 Å². The highest BCUT2D eigenvalue weighted by Crippen LogP contribution is 2.10. The van der Waals surface area contributed by atoms with Crippen molar-refractivity contribution in [3.63, 3.8) is 0 Å². The maximum atomic E-state index is 11.2. The molecule has 1 aliphatic rings. The number of nitrogens with zero attached hydrogens (tertiary/aromatic N) is 1. The van der Waals surface area contributed by atoms with Crippen LogP contribution in [-0.4, -0.2) is 55.2 Å². The topological polar surface area (TPSA) is 67.6 Å². The summed E-state index contributed by atoms with van der Waals surface area (Å²) in [4.78, 5) is 13.6. The molecule has 1 aliphatic heterocycles. The van der Waals surface area contributed by atoms with Crippen LogP contribution in [0.3, 0.4) is 0 Å². The van der Waals surface area contributed by atoms with Crippen molar-refractivity contribution >= 4 is 18.3 Å². The molecule has 18 heavy (non-hydrogen) atoms. The molecule has 1 rings (SSSR count). The maximum Gasteiger partial charge on any atom is 0.236 e. The molecular formula is C12H26ClN3O2. The summed E-state index contributed by atoms with van der Waals surface area (Å²) in [6.45, 7) is 9.54. The van der Waals surface area contributed by atoms with Gasteiger partial charge in [-0.05, 0) is 27.2 Å². The monoisotopic (exact) mass is 279 g/mol. The largest absolute Gasteiger partial charge is 0.373 e. The minimum absolute atomic E-state index is 0. The molecule has 0 aromatic rings. The number of carbonyl (C=O) groups is 1. The number of hydrogen-bond acceptors (Lipinski definition) is 4. The normalized spacial score (nSPS) is 26.2. The number of carbonyl (C=O) groups excluding carboxylic acids is 1. The number of amides is 1. The van der Waals surface area contributed by atoms with Gasteiger partial charge in [0.25, 0.3) is 0 Å². The number of halogens is 1. The molecule has 1 amide bonds. The van der Waals surface area contributed by atoms with Gasteiger partial charge in [-0.1, -0.05) is 0 Å². The molecule has 0 aromatic heterocycles. The number of morpholine rings is 1. The van der Waals surface area contributed by atoms with Crippen molar-refractivity contribution in [2.24, 2.45) is 5.73 Å². The van der Waals surface area contributed by atoms with Crippen molar-refractivity contribution in [3.05, 3.63) is 0 Å². The van der Waals surface area contributed by atoms with E-state index < -0.39 is 6.04 Å². The van der Waals surface area contributed by atoms with Gasteiger partial charge >= 0.3 is 0 Å². The van der Waals surface area contributed by atoms with E-state index in [-0.39, 0.29) is 18.3 Å². The van der Waals surface area contributed by atoms with Crippen LogP contribution in [0.1, 0.15) is 27.2 Å². The number of ether oxygens (including phenoxy) is 1. The highest BCUT2D eigenvalue weighted by molar-refractivity contribution is 5.85. The van der Waals surface area contributed by atoms with Crippen LogP contribution in [-0.2, 0) is 9.53 Å². The first-order valence-corrected chi connectivity index (χ1v) is 6.40. The predicted molar refractivity (Wildman–Crippen MR) is 75.0 cm³/mol. The van der Waals surface area contributed by atoms with Crippen LogP contribution in [0, 0.1) is 0 Å². The molecule has 3 N–H and O–H groups in total. The standard InChI is InChI=1S/C12H25N3O2.ClH/c1-9-7-15(8-10(2)17-9)6-4-5-14-12(16)11(3)13;/h9-11H,4-8,13H2,1-3H3,(H,14,16);1H. The molecule has 108 valence electrons. The van der Waals surface area contributed by atoms with Gasteiger partial charge in [-0.15, -0.1) is 12.4 Å². The molecular weight excluding hydrogens is 254 g/mol. The third-order valence-corrected chi connectivity index (χ3v) is 2.86. The number of rotatable bonds is 5. The fourth-order valence-corrected chi connectivity index (χ4v) is 2.14. The van der Waals surface area contributed by atoms with Gasteiger partial charge in [0.05, 0.1) is 18.2 Å². The Hall–Kier alpha value is -0.360. The van der Waals surface area contributed by atoms with Gasteiger partial charge < -0.3 is 15.8 Å². The number of hydrogen-bond donors (Lipinski definition) is 2. The average molecular weight is 280 g/mol. The van der Waals surface area contributed by atoms with Gasteiger partial charge in [0.15, 0.2) is 0 Å². The molecule has 0 radical (unpaired) electrons. The molecule has 1 fully saturated rings. The van der Waals surface area contributed by atoms with Crippen LogP contribution in [0.15, 0.2) is 0 Å². The van der Waals surface area contributed by atoms with Crippen LogP contribution in [0.5, 0.6) is 0 Å². The zero-order valence-corrected chi connectivity index (χ0v) is 12.3. The molecule has 0 spiro atoms. The van der Waals surface area contributed by atoms with E-state index in [0.29, 0.717) is 18.8 Å². The quantitative estimate of drug-likeness (QED) is 0.714.